The van der Waals surface area contributed by atoms with E-state index < -0.39 is 0 Å². The van der Waals surface area contributed by atoms with E-state index in [9.17, 15) is 10.2 Å². The molecule has 0 unspecified atom stereocenters. The minimum Gasteiger partial charge on any atom is -0.504 e. The van der Waals surface area contributed by atoms with Crippen molar-refractivity contribution < 1.29 is 10.2 Å². The third-order valence-corrected chi connectivity index (χ3v) is 5.64. The summed E-state index contributed by atoms with van der Waals surface area (Å²) < 4.78 is 0. The number of aromatic hydroxyl groups is 2. The highest BCUT2D eigenvalue weighted by molar-refractivity contribution is 7.17. The maximum Gasteiger partial charge on any atom is 0.157 e. The lowest BCUT2D eigenvalue weighted by atomic mass is 10.1. The van der Waals surface area contributed by atoms with Crippen molar-refractivity contribution in [2.75, 3.05) is 26.0 Å². The molecule has 0 aliphatic carbocycles. The fourth-order valence-corrected chi connectivity index (χ4v) is 4.31. The van der Waals surface area contributed by atoms with Crippen molar-refractivity contribution in [3.8, 4) is 22.6 Å². The Kier molecular flexibility index (Phi) is 5.83. The zero-order chi connectivity index (χ0) is 21.1. The summed E-state index contributed by atoms with van der Waals surface area (Å²) >= 11 is 1.63. The van der Waals surface area contributed by atoms with Crippen molar-refractivity contribution in [2.45, 2.75) is 13.0 Å². The Bertz CT molecular complexity index is 1160. The van der Waals surface area contributed by atoms with Crippen molar-refractivity contribution in [1.82, 2.24) is 14.9 Å². The second kappa shape index (κ2) is 8.69. The Hall–Kier alpha value is -3.16. The topological polar surface area (TPSA) is 81.5 Å². The Morgan fingerprint density at radius 2 is 1.80 bits per heavy atom. The molecule has 2 aromatic carbocycles. The van der Waals surface area contributed by atoms with E-state index in [1.807, 2.05) is 38.4 Å². The van der Waals surface area contributed by atoms with Gasteiger partial charge < -0.3 is 20.4 Å². The van der Waals surface area contributed by atoms with E-state index in [0.29, 0.717) is 19.5 Å². The predicted molar refractivity (Wildman–Crippen MR) is 122 cm³/mol. The summed E-state index contributed by atoms with van der Waals surface area (Å²) in [6.45, 7) is 1.30. The highest BCUT2D eigenvalue weighted by Gasteiger charge is 2.15. The lowest BCUT2D eigenvalue weighted by Gasteiger charge is -2.13. The number of rotatable bonds is 7. The van der Waals surface area contributed by atoms with E-state index in [0.717, 1.165) is 38.5 Å². The van der Waals surface area contributed by atoms with Gasteiger partial charge >= 0.3 is 0 Å². The van der Waals surface area contributed by atoms with Crippen LogP contribution in [0.3, 0.4) is 0 Å². The molecule has 0 radical (unpaired) electrons. The van der Waals surface area contributed by atoms with Crippen LogP contribution in [0.25, 0.3) is 21.3 Å². The molecule has 3 N–H and O–H groups in total. The van der Waals surface area contributed by atoms with E-state index in [1.54, 1.807) is 17.4 Å². The first-order chi connectivity index (χ1) is 14.5. The van der Waals surface area contributed by atoms with Gasteiger partial charge in [-0.15, -0.1) is 11.3 Å². The van der Waals surface area contributed by atoms with Crippen LogP contribution in [-0.2, 0) is 13.0 Å². The summed E-state index contributed by atoms with van der Waals surface area (Å²) in [7, 11) is 4.00. The van der Waals surface area contributed by atoms with Gasteiger partial charge in [-0.1, -0.05) is 36.4 Å². The van der Waals surface area contributed by atoms with Crippen LogP contribution in [0.4, 0.5) is 5.82 Å². The number of fused-ring (bicyclic) bond motifs is 1. The van der Waals surface area contributed by atoms with Crippen LogP contribution in [0.1, 0.15) is 11.4 Å². The molecule has 2 heterocycles. The first-order valence-corrected chi connectivity index (χ1v) is 10.6. The molecule has 0 atom stereocenters. The molecule has 154 valence electrons. The number of anilines is 1. The quantitative estimate of drug-likeness (QED) is 0.382. The molecular weight excluding hydrogens is 396 g/mol. The zero-order valence-corrected chi connectivity index (χ0v) is 17.8. The molecular formula is C23H24N4O2S. The maximum atomic E-state index is 9.72. The van der Waals surface area contributed by atoms with Crippen LogP contribution in [0.15, 0.2) is 53.9 Å². The smallest absolute Gasteiger partial charge is 0.157 e. The second-order valence-corrected chi connectivity index (χ2v) is 8.28. The van der Waals surface area contributed by atoms with Gasteiger partial charge in [-0.05, 0) is 43.8 Å². The molecule has 0 bridgehead atoms. The standard InChI is InChI=1S/C23H24N4O2S/c1-27(2)13-20-25-22(24-11-10-15-8-9-18(28)19(29)12-15)21-17(14-30-23(21)26-20)16-6-4-3-5-7-16/h3-9,12,14,28-29H,10-11,13H2,1-2H3,(H,24,25,26). The third kappa shape index (κ3) is 4.37. The minimum atomic E-state index is -0.108. The normalized spacial score (nSPS) is 11.3. The van der Waals surface area contributed by atoms with Crippen LogP contribution < -0.4 is 5.32 Å². The van der Waals surface area contributed by atoms with Gasteiger partial charge in [0.2, 0.25) is 0 Å². The van der Waals surface area contributed by atoms with Crippen molar-refractivity contribution in [1.29, 1.82) is 0 Å². The van der Waals surface area contributed by atoms with E-state index in [1.165, 1.54) is 6.07 Å². The van der Waals surface area contributed by atoms with E-state index in [4.69, 9.17) is 9.97 Å². The predicted octanol–water partition coefficient (Wildman–Crippen LogP) is 4.49. The number of nitrogens with one attached hydrogen (secondary N) is 1. The largest absolute Gasteiger partial charge is 0.504 e. The van der Waals surface area contributed by atoms with Crippen LogP contribution in [0, 0.1) is 0 Å². The third-order valence-electron chi connectivity index (χ3n) is 4.77. The molecule has 0 fully saturated rings. The number of hydrogen-bond acceptors (Lipinski definition) is 7. The van der Waals surface area contributed by atoms with Gasteiger partial charge in [0.05, 0.1) is 11.9 Å². The van der Waals surface area contributed by atoms with Crippen molar-refractivity contribution in [2.24, 2.45) is 0 Å². The number of benzene rings is 2. The Balaban J connectivity index is 1.66. The summed E-state index contributed by atoms with van der Waals surface area (Å²) in [6.07, 6.45) is 0.688. The molecule has 30 heavy (non-hydrogen) atoms. The van der Waals surface area contributed by atoms with Crippen molar-refractivity contribution >= 4 is 27.4 Å². The summed E-state index contributed by atoms with van der Waals surface area (Å²) in [6, 6.07) is 15.2. The van der Waals surface area contributed by atoms with E-state index >= 15 is 0 Å². The highest BCUT2D eigenvalue weighted by atomic mass is 32.1. The van der Waals surface area contributed by atoms with Gasteiger partial charge in [-0.2, -0.15) is 0 Å². The van der Waals surface area contributed by atoms with Crippen molar-refractivity contribution in [3.05, 3.63) is 65.3 Å². The number of thiophene rings is 1. The molecule has 2 aromatic heterocycles. The Morgan fingerprint density at radius 1 is 1.00 bits per heavy atom. The average Bonchev–Trinajstić information content (AvgIpc) is 3.15. The number of hydrogen-bond donors (Lipinski definition) is 3. The summed E-state index contributed by atoms with van der Waals surface area (Å²) in [5.74, 6) is 1.39. The Morgan fingerprint density at radius 3 is 2.53 bits per heavy atom. The molecule has 6 nitrogen and oxygen atoms in total. The van der Waals surface area contributed by atoms with Gasteiger partial charge in [-0.3, -0.25) is 0 Å². The second-order valence-electron chi connectivity index (χ2n) is 7.42. The molecule has 0 aliphatic rings. The van der Waals surface area contributed by atoms with Gasteiger partial charge in [0.15, 0.2) is 11.5 Å². The number of phenolic OH excluding ortho intramolecular Hbond substituents is 2. The average molecular weight is 421 g/mol. The van der Waals surface area contributed by atoms with Gasteiger partial charge in [0.25, 0.3) is 0 Å². The van der Waals surface area contributed by atoms with Crippen LogP contribution >= 0.6 is 11.3 Å². The summed E-state index contributed by atoms with van der Waals surface area (Å²) in [5.41, 5.74) is 3.20. The van der Waals surface area contributed by atoms with E-state index in [-0.39, 0.29) is 11.5 Å². The number of phenols is 2. The SMILES string of the molecule is CN(C)Cc1nc(NCCc2ccc(O)c(O)c2)c2c(-c3ccccc3)csc2n1. The molecule has 0 spiro atoms. The minimum absolute atomic E-state index is 0.102. The molecule has 0 saturated heterocycles. The zero-order valence-electron chi connectivity index (χ0n) is 17.0. The molecule has 4 aromatic rings. The number of aromatic nitrogens is 2. The van der Waals surface area contributed by atoms with Gasteiger partial charge in [0, 0.05) is 17.5 Å². The number of nitrogens with zero attached hydrogens (tertiary/aromatic N) is 3. The lowest BCUT2D eigenvalue weighted by Crippen LogP contribution is -2.15. The molecule has 7 heteroatoms. The monoisotopic (exact) mass is 420 g/mol. The van der Waals surface area contributed by atoms with Crippen LogP contribution in [-0.4, -0.2) is 45.7 Å². The fourth-order valence-electron chi connectivity index (χ4n) is 3.35. The lowest BCUT2D eigenvalue weighted by molar-refractivity contribution is 0.391. The summed E-state index contributed by atoms with van der Waals surface area (Å²) in [5, 5.41) is 25.9. The highest BCUT2D eigenvalue weighted by Crippen LogP contribution is 2.37. The van der Waals surface area contributed by atoms with Crippen molar-refractivity contribution in [3.63, 3.8) is 0 Å². The molecule has 0 aliphatic heterocycles. The van der Waals surface area contributed by atoms with Gasteiger partial charge in [0.1, 0.15) is 16.5 Å². The van der Waals surface area contributed by atoms with Crippen LogP contribution in [0.5, 0.6) is 11.5 Å². The fraction of sp³-hybridized carbons (Fsp3) is 0.217. The Labute approximate surface area is 179 Å². The first kappa shape index (κ1) is 20.1. The molecule has 0 amide bonds. The first-order valence-electron chi connectivity index (χ1n) is 9.74. The van der Waals surface area contributed by atoms with Crippen LogP contribution in [0.2, 0.25) is 0 Å². The summed E-state index contributed by atoms with van der Waals surface area (Å²) in [4.78, 5) is 12.6. The molecule has 0 saturated carbocycles. The van der Waals surface area contributed by atoms with Gasteiger partial charge in [-0.25, -0.2) is 9.97 Å². The maximum absolute atomic E-state index is 9.72. The molecule has 4 rings (SSSR count). The van der Waals surface area contributed by atoms with E-state index in [2.05, 4.69) is 27.7 Å².